The summed E-state index contributed by atoms with van der Waals surface area (Å²) < 4.78 is 0. The fourth-order valence-electron chi connectivity index (χ4n) is 9.66. The highest BCUT2D eigenvalue weighted by atomic mass is 28.3. The molecular weight excluding hydrogens is 617 g/mol. The van der Waals surface area contributed by atoms with Crippen molar-refractivity contribution >= 4 is 63.4 Å². The van der Waals surface area contributed by atoms with Gasteiger partial charge in [0.25, 0.3) is 0 Å². The van der Waals surface area contributed by atoms with Gasteiger partial charge in [0.1, 0.15) is 0 Å². The fraction of sp³-hybridized carbons (Fsp3) is 0.476. The summed E-state index contributed by atoms with van der Waals surface area (Å²) in [7, 11) is -8.37. The van der Waals surface area contributed by atoms with Crippen molar-refractivity contribution < 1.29 is 0 Å². The highest BCUT2D eigenvalue weighted by Gasteiger charge is 2.57. The summed E-state index contributed by atoms with van der Waals surface area (Å²) >= 11 is 0. The topological polar surface area (TPSA) is 0 Å². The van der Waals surface area contributed by atoms with Gasteiger partial charge in [0.15, 0.2) is 8.07 Å². The van der Waals surface area contributed by atoms with Crippen molar-refractivity contribution in [3.63, 3.8) is 0 Å². The molecule has 0 fully saturated rings. The number of aryl methyl sites for hydroxylation is 6. The first-order valence-corrected chi connectivity index (χ1v) is 30.2. The van der Waals surface area contributed by atoms with Gasteiger partial charge in [-0.25, -0.2) is 0 Å². The second-order valence-electron chi connectivity index (χ2n) is 18.0. The zero-order chi connectivity index (χ0) is 35.1. The molecule has 46 heavy (non-hydrogen) atoms. The Hall–Kier alpha value is -1.99. The molecule has 0 saturated heterocycles. The molecular formula is C42H64Si4. The minimum absolute atomic E-state index is 0.384. The Bertz CT molecular complexity index is 1590. The molecule has 0 atom stereocenters. The van der Waals surface area contributed by atoms with Crippen LogP contribution in [0.2, 0.25) is 64.5 Å². The molecule has 0 spiro atoms. The van der Waals surface area contributed by atoms with Crippen molar-refractivity contribution in [3.05, 3.63) is 92.1 Å². The Kier molecular flexibility index (Phi) is 9.74. The summed E-state index contributed by atoms with van der Waals surface area (Å²) in [5.74, 6) is 0. The lowest BCUT2D eigenvalue weighted by Crippen LogP contribution is -2.83. The predicted molar refractivity (Wildman–Crippen MR) is 222 cm³/mol. The highest BCUT2D eigenvalue weighted by molar-refractivity contribution is 7.20. The summed E-state index contributed by atoms with van der Waals surface area (Å²) in [6, 6.07) is 14.9. The van der Waals surface area contributed by atoms with Gasteiger partial charge in [-0.05, 0) is 95.9 Å². The SMILES string of the molecule is CC1=C(C)C([Si](c2c(C)ccc(C)c2[Si](C)(C)C)(c2c(C)ccc(C)c2[Si](C)(C)C)c2c(C)ccc(C)c2[Si](C)(C)C)C(C)=C1C. The molecule has 0 saturated carbocycles. The molecule has 0 nitrogen and oxygen atoms in total. The smallest absolute Gasteiger partial charge is 0.0656 e. The maximum atomic E-state index is 2.61. The zero-order valence-corrected chi connectivity index (χ0v) is 37.0. The summed E-state index contributed by atoms with van der Waals surface area (Å²) in [5, 5.41) is 10.5. The van der Waals surface area contributed by atoms with E-state index < -0.39 is 32.3 Å². The lowest BCUT2D eigenvalue weighted by atomic mass is 10.1. The van der Waals surface area contributed by atoms with E-state index in [2.05, 4.69) is 165 Å². The first-order chi connectivity index (χ1) is 20.9. The van der Waals surface area contributed by atoms with E-state index in [4.69, 9.17) is 0 Å². The molecule has 1 aliphatic rings. The Morgan fingerprint density at radius 2 is 0.522 bits per heavy atom. The van der Waals surface area contributed by atoms with E-state index in [1.165, 1.54) is 44.5 Å². The number of hydrogen-bond acceptors (Lipinski definition) is 0. The van der Waals surface area contributed by atoms with Crippen molar-refractivity contribution in [2.45, 2.75) is 134 Å². The van der Waals surface area contributed by atoms with E-state index in [0.29, 0.717) is 5.54 Å². The van der Waals surface area contributed by atoms with Crippen LogP contribution < -0.4 is 31.1 Å². The molecule has 0 bridgehead atoms. The van der Waals surface area contributed by atoms with Crippen molar-refractivity contribution in [3.8, 4) is 0 Å². The van der Waals surface area contributed by atoms with Crippen LogP contribution in [-0.2, 0) is 0 Å². The Morgan fingerprint density at radius 3 is 0.717 bits per heavy atom. The maximum Gasteiger partial charge on any atom is 0.159 e. The average molecular weight is 681 g/mol. The highest BCUT2D eigenvalue weighted by Crippen LogP contribution is 2.47. The average Bonchev–Trinajstić information content (AvgIpc) is 3.10. The van der Waals surface area contributed by atoms with Crippen molar-refractivity contribution in [2.24, 2.45) is 0 Å². The van der Waals surface area contributed by atoms with Crippen LogP contribution >= 0.6 is 0 Å². The second-order valence-corrected chi connectivity index (χ2v) is 36.6. The Balaban J connectivity index is 2.65. The van der Waals surface area contributed by atoms with Gasteiger partial charge in [-0.1, -0.05) is 155 Å². The number of hydrogen-bond donors (Lipinski definition) is 0. The minimum Gasteiger partial charge on any atom is -0.0656 e. The Labute approximate surface area is 287 Å². The van der Waals surface area contributed by atoms with Crippen LogP contribution in [0.1, 0.15) is 61.1 Å². The van der Waals surface area contributed by atoms with Crippen LogP contribution in [0.4, 0.5) is 0 Å². The third-order valence-corrected chi connectivity index (χ3v) is 24.6. The molecule has 4 rings (SSSR count). The van der Waals surface area contributed by atoms with Gasteiger partial charge in [0.05, 0.1) is 24.2 Å². The van der Waals surface area contributed by atoms with E-state index in [1.54, 1.807) is 42.3 Å². The molecule has 0 aliphatic heterocycles. The summed E-state index contributed by atoms with van der Waals surface area (Å²) in [5.41, 5.74) is 15.7. The van der Waals surface area contributed by atoms with Gasteiger partial charge < -0.3 is 0 Å². The largest absolute Gasteiger partial charge is 0.159 e. The summed E-state index contributed by atoms with van der Waals surface area (Å²) in [6.07, 6.45) is 0. The van der Waals surface area contributed by atoms with Crippen LogP contribution in [0.3, 0.4) is 0 Å². The van der Waals surface area contributed by atoms with E-state index >= 15 is 0 Å². The van der Waals surface area contributed by atoms with E-state index in [9.17, 15) is 0 Å². The number of rotatable bonds is 7. The standard InChI is InChI=1S/C42H64Si4/c1-26-20-23-29(4)39(36(26)43(11,12)13)46(42-34(9)32(7)33(8)35(42)10,40-30(5)24-21-27(2)37(40)44(14,15)16)41-31(6)25-22-28(3)38(41)45(17,18)19/h20-25,42H,1-19H3. The quantitative estimate of drug-likeness (QED) is 0.173. The molecule has 3 aromatic carbocycles. The van der Waals surface area contributed by atoms with Crippen LogP contribution in [0, 0.1) is 41.5 Å². The predicted octanol–water partition coefficient (Wildman–Crippen LogP) is 8.70. The normalized spacial score (nSPS) is 15.5. The van der Waals surface area contributed by atoms with E-state index in [-0.39, 0.29) is 0 Å². The molecule has 3 aromatic rings. The van der Waals surface area contributed by atoms with Gasteiger partial charge in [0.2, 0.25) is 0 Å². The number of allylic oxidation sites excluding steroid dienone is 4. The minimum atomic E-state index is -2.90. The third kappa shape index (κ3) is 5.73. The van der Waals surface area contributed by atoms with Crippen LogP contribution in [0.5, 0.6) is 0 Å². The third-order valence-electron chi connectivity index (χ3n) is 11.3. The molecule has 0 heterocycles. The van der Waals surface area contributed by atoms with Crippen LogP contribution in [0.25, 0.3) is 0 Å². The maximum absolute atomic E-state index is 2.90. The van der Waals surface area contributed by atoms with Crippen molar-refractivity contribution in [1.82, 2.24) is 0 Å². The van der Waals surface area contributed by atoms with Gasteiger partial charge in [-0.15, -0.1) is 0 Å². The molecule has 248 valence electrons. The monoisotopic (exact) mass is 680 g/mol. The summed E-state index contributed by atoms with van der Waals surface area (Å²) in [4.78, 5) is 0. The lowest BCUT2D eigenvalue weighted by Gasteiger charge is -2.50. The van der Waals surface area contributed by atoms with Crippen molar-refractivity contribution in [2.75, 3.05) is 0 Å². The molecule has 0 N–H and O–H groups in total. The first-order valence-electron chi connectivity index (χ1n) is 17.6. The molecule has 4 heteroatoms. The van der Waals surface area contributed by atoms with Crippen LogP contribution in [-0.4, -0.2) is 32.3 Å². The van der Waals surface area contributed by atoms with Crippen LogP contribution in [0.15, 0.2) is 58.7 Å². The van der Waals surface area contributed by atoms with Gasteiger partial charge in [0, 0.05) is 5.54 Å². The van der Waals surface area contributed by atoms with Gasteiger partial charge >= 0.3 is 0 Å². The van der Waals surface area contributed by atoms with Gasteiger partial charge in [-0.3, -0.25) is 0 Å². The van der Waals surface area contributed by atoms with Crippen molar-refractivity contribution in [1.29, 1.82) is 0 Å². The van der Waals surface area contributed by atoms with Gasteiger partial charge in [-0.2, -0.15) is 0 Å². The molecule has 0 unspecified atom stereocenters. The number of benzene rings is 3. The fourth-order valence-corrected chi connectivity index (χ4v) is 28.7. The van der Waals surface area contributed by atoms with E-state index in [0.717, 1.165) is 0 Å². The molecule has 1 aliphatic carbocycles. The summed E-state index contributed by atoms with van der Waals surface area (Å²) in [6.45, 7) is 48.1. The molecule has 0 aromatic heterocycles. The molecule has 0 amide bonds. The first kappa shape index (κ1) is 36.8. The van der Waals surface area contributed by atoms with E-state index in [1.807, 2.05) is 0 Å². The Morgan fingerprint density at radius 1 is 0.326 bits per heavy atom. The zero-order valence-electron chi connectivity index (χ0n) is 33.0. The second kappa shape index (κ2) is 12.2. The molecule has 0 radical (unpaired) electrons. The lowest BCUT2D eigenvalue weighted by molar-refractivity contribution is 1.09.